The molecule has 0 N–H and O–H groups in total. The smallest absolute Gasteiger partial charge is 0.293 e. The fraction of sp³-hybridized carbons (Fsp3) is 0.625. The van der Waals surface area contributed by atoms with Crippen LogP contribution < -0.4 is 0 Å². The van der Waals surface area contributed by atoms with E-state index in [2.05, 4.69) is 15.1 Å². The second-order valence-electron chi connectivity index (χ2n) is 6.85. The summed E-state index contributed by atoms with van der Waals surface area (Å²) in [6.07, 6.45) is 1.54. The van der Waals surface area contributed by atoms with E-state index in [9.17, 15) is 4.79 Å². The highest BCUT2D eigenvalue weighted by molar-refractivity contribution is 7.09. The number of fused-ring (bicyclic) bond motifs is 1. The van der Waals surface area contributed by atoms with Crippen LogP contribution in [-0.2, 0) is 23.1 Å². The normalized spacial score (nSPS) is 25.5. The lowest BCUT2D eigenvalue weighted by Crippen LogP contribution is -2.37. The molecule has 2 fully saturated rings. The Kier molecular flexibility index (Phi) is 4.30. The van der Waals surface area contributed by atoms with Crippen LogP contribution in [0.5, 0.6) is 0 Å². The van der Waals surface area contributed by atoms with Gasteiger partial charge in [-0.05, 0) is 6.92 Å². The second kappa shape index (κ2) is 6.47. The topological polar surface area (TPSA) is 82.4 Å². The number of likely N-dealkylation sites (tertiary alicyclic amines) is 1. The Labute approximate surface area is 149 Å². The third-order valence-electron chi connectivity index (χ3n) is 4.91. The number of thiazole rings is 1. The van der Waals surface area contributed by atoms with Gasteiger partial charge in [-0.3, -0.25) is 9.48 Å². The highest BCUT2D eigenvalue weighted by atomic mass is 32.1. The van der Waals surface area contributed by atoms with Crippen LogP contribution in [-0.4, -0.2) is 63.5 Å². The molecule has 8 nitrogen and oxygen atoms in total. The molecule has 1 amide bonds. The quantitative estimate of drug-likeness (QED) is 0.784. The minimum absolute atomic E-state index is 0.121. The molecule has 25 heavy (non-hydrogen) atoms. The average molecular weight is 363 g/mol. The molecule has 0 bridgehead atoms. The fourth-order valence-electron chi connectivity index (χ4n) is 3.60. The zero-order valence-electron chi connectivity index (χ0n) is 14.3. The van der Waals surface area contributed by atoms with Gasteiger partial charge in [0.1, 0.15) is 6.33 Å². The van der Waals surface area contributed by atoms with Crippen molar-refractivity contribution in [2.45, 2.75) is 13.5 Å². The van der Waals surface area contributed by atoms with Crippen LogP contribution in [0.1, 0.15) is 21.3 Å². The summed E-state index contributed by atoms with van der Waals surface area (Å²) in [5.41, 5.74) is 0.813. The van der Waals surface area contributed by atoms with Crippen molar-refractivity contribution >= 4 is 17.2 Å². The maximum Gasteiger partial charge on any atom is 0.293 e. The number of ether oxygens (including phenoxy) is 2. The van der Waals surface area contributed by atoms with E-state index in [1.165, 1.54) is 0 Å². The van der Waals surface area contributed by atoms with Crippen molar-refractivity contribution in [1.82, 2.24) is 24.6 Å². The number of aromatic nitrogens is 4. The molecule has 4 rings (SSSR count). The van der Waals surface area contributed by atoms with Crippen molar-refractivity contribution in [3.63, 3.8) is 0 Å². The molecule has 2 aliphatic heterocycles. The number of carbonyl (C=O) groups is 1. The van der Waals surface area contributed by atoms with Crippen molar-refractivity contribution in [1.29, 1.82) is 0 Å². The fourth-order valence-corrected chi connectivity index (χ4v) is 4.20. The zero-order valence-corrected chi connectivity index (χ0v) is 15.2. The molecule has 0 unspecified atom stereocenters. The van der Waals surface area contributed by atoms with E-state index in [4.69, 9.17) is 9.47 Å². The Morgan fingerprint density at radius 1 is 1.56 bits per heavy atom. The number of aryl methyl sites for hydroxylation is 2. The number of carbonyl (C=O) groups excluding carboxylic acids is 1. The van der Waals surface area contributed by atoms with Gasteiger partial charge in [-0.15, -0.1) is 16.4 Å². The van der Waals surface area contributed by atoms with Crippen molar-refractivity contribution in [2.75, 3.05) is 32.9 Å². The SMILES string of the molecule is Cc1nc(COC[C@]23COC[C@H]2CN(C(=O)c2ncn(C)n2)C3)cs1. The summed E-state index contributed by atoms with van der Waals surface area (Å²) in [7, 11) is 1.76. The summed E-state index contributed by atoms with van der Waals surface area (Å²) in [5.74, 6) is 0.416. The largest absolute Gasteiger partial charge is 0.380 e. The molecular formula is C16H21N5O3S. The van der Waals surface area contributed by atoms with E-state index in [0.29, 0.717) is 39.5 Å². The van der Waals surface area contributed by atoms with E-state index in [1.54, 1.807) is 29.4 Å². The van der Waals surface area contributed by atoms with E-state index in [-0.39, 0.29) is 23.1 Å². The summed E-state index contributed by atoms with van der Waals surface area (Å²) < 4.78 is 13.2. The zero-order chi connectivity index (χ0) is 17.4. The molecule has 2 saturated heterocycles. The lowest BCUT2D eigenvalue weighted by atomic mass is 9.82. The van der Waals surface area contributed by atoms with E-state index in [0.717, 1.165) is 10.7 Å². The minimum Gasteiger partial charge on any atom is -0.380 e. The maximum atomic E-state index is 12.6. The van der Waals surface area contributed by atoms with Gasteiger partial charge in [-0.2, -0.15) is 0 Å². The first kappa shape index (κ1) is 16.6. The van der Waals surface area contributed by atoms with Crippen LogP contribution >= 0.6 is 11.3 Å². The lowest BCUT2D eigenvalue weighted by molar-refractivity contribution is 0.0175. The Morgan fingerprint density at radius 3 is 3.16 bits per heavy atom. The molecule has 0 spiro atoms. The van der Waals surface area contributed by atoms with Gasteiger partial charge in [0.25, 0.3) is 5.91 Å². The predicted octanol–water partition coefficient (Wildman–Crippen LogP) is 0.885. The van der Waals surface area contributed by atoms with Crippen LogP contribution in [0.2, 0.25) is 0 Å². The molecule has 2 atom stereocenters. The van der Waals surface area contributed by atoms with Crippen molar-refractivity contribution in [2.24, 2.45) is 18.4 Å². The van der Waals surface area contributed by atoms with Gasteiger partial charge < -0.3 is 14.4 Å². The summed E-state index contributed by atoms with van der Waals surface area (Å²) >= 11 is 1.62. The van der Waals surface area contributed by atoms with Gasteiger partial charge in [0.2, 0.25) is 5.82 Å². The Hall–Kier alpha value is -1.84. The Balaban J connectivity index is 1.40. The van der Waals surface area contributed by atoms with Crippen molar-refractivity contribution < 1.29 is 14.3 Å². The molecule has 0 saturated carbocycles. The number of hydrogen-bond acceptors (Lipinski definition) is 7. The monoisotopic (exact) mass is 363 g/mol. The second-order valence-corrected chi connectivity index (χ2v) is 7.91. The van der Waals surface area contributed by atoms with Gasteiger partial charge in [0.05, 0.1) is 37.1 Å². The van der Waals surface area contributed by atoms with Gasteiger partial charge in [-0.25, -0.2) is 9.97 Å². The van der Waals surface area contributed by atoms with Crippen molar-refractivity contribution in [3.8, 4) is 0 Å². The van der Waals surface area contributed by atoms with Gasteiger partial charge in [-0.1, -0.05) is 0 Å². The summed E-state index contributed by atoms with van der Waals surface area (Å²) in [6, 6.07) is 0. The highest BCUT2D eigenvalue weighted by Gasteiger charge is 2.52. The van der Waals surface area contributed by atoms with Gasteiger partial charge in [0, 0.05) is 36.9 Å². The Morgan fingerprint density at radius 2 is 2.44 bits per heavy atom. The van der Waals surface area contributed by atoms with Crippen LogP contribution in [0.4, 0.5) is 0 Å². The van der Waals surface area contributed by atoms with Crippen LogP contribution in [0.3, 0.4) is 0 Å². The van der Waals surface area contributed by atoms with Gasteiger partial charge in [0.15, 0.2) is 0 Å². The molecule has 0 radical (unpaired) electrons. The standard InChI is InChI=1S/C16H21N5O3S/c1-11-18-13(6-25-11)5-24-9-16-7-21(3-12(16)4-23-8-16)15(22)14-17-10-20(2)19-14/h6,10,12H,3-5,7-9H2,1-2H3/t12-,16+/m1/s1. The Bertz CT molecular complexity index is 775. The molecular weight excluding hydrogens is 342 g/mol. The summed E-state index contributed by atoms with van der Waals surface area (Å²) in [5, 5.41) is 7.18. The molecule has 4 heterocycles. The number of rotatable bonds is 5. The molecule has 0 aliphatic carbocycles. The van der Waals surface area contributed by atoms with Crippen LogP contribution in [0, 0.1) is 18.3 Å². The predicted molar refractivity (Wildman–Crippen MR) is 90.2 cm³/mol. The van der Waals surface area contributed by atoms with E-state index >= 15 is 0 Å². The van der Waals surface area contributed by atoms with Gasteiger partial charge >= 0.3 is 0 Å². The van der Waals surface area contributed by atoms with E-state index < -0.39 is 0 Å². The average Bonchev–Trinajstić information content (AvgIpc) is 3.31. The van der Waals surface area contributed by atoms with Crippen molar-refractivity contribution in [3.05, 3.63) is 28.2 Å². The maximum absolute atomic E-state index is 12.6. The molecule has 0 aromatic carbocycles. The van der Waals surface area contributed by atoms with Crippen LogP contribution in [0.15, 0.2) is 11.7 Å². The minimum atomic E-state index is -0.143. The highest BCUT2D eigenvalue weighted by Crippen LogP contribution is 2.42. The first-order valence-electron chi connectivity index (χ1n) is 8.27. The first-order valence-corrected chi connectivity index (χ1v) is 9.15. The lowest BCUT2D eigenvalue weighted by Gasteiger charge is -2.26. The number of hydrogen-bond donors (Lipinski definition) is 0. The molecule has 134 valence electrons. The third-order valence-corrected chi connectivity index (χ3v) is 5.73. The molecule has 9 heteroatoms. The van der Waals surface area contributed by atoms with E-state index in [1.807, 2.05) is 17.2 Å². The molecule has 2 aromatic heterocycles. The molecule has 2 aliphatic rings. The number of nitrogens with zero attached hydrogens (tertiary/aromatic N) is 5. The number of amides is 1. The molecule has 2 aromatic rings. The van der Waals surface area contributed by atoms with Crippen LogP contribution in [0.25, 0.3) is 0 Å². The summed E-state index contributed by atoms with van der Waals surface area (Å²) in [6.45, 7) is 5.61. The first-order chi connectivity index (χ1) is 12.1. The summed E-state index contributed by atoms with van der Waals surface area (Å²) in [4.78, 5) is 23.0. The third kappa shape index (κ3) is 3.19.